The zero-order valence-electron chi connectivity index (χ0n) is 27.7. The minimum Gasteiger partial charge on any atom is -0.462 e. The number of carbonyl (C=O) groups excluding carboxylic acids is 2. The average Bonchev–Trinajstić information content (AvgIpc) is 3.08. The third-order valence-electron chi connectivity index (χ3n) is 8.24. The molecule has 4 aromatic carbocycles. The van der Waals surface area contributed by atoms with E-state index in [1.807, 2.05) is 18.2 Å². The van der Waals surface area contributed by atoms with E-state index in [-0.39, 0.29) is 24.4 Å². The van der Waals surface area contributed by atoms with Gasteiger partial charge >= 0.3 is 11.9 Å². The predicted octanol–water partition coefficient (Wildman–Crippen LogP) is 9.38. The molecule has 0 radical (unpaired) electrons. The van der Waals surface area contributed by atoms with E-state index in [2.05, 4.69) is 32.2 Å². The number of hydrogen-bond acceptors (Lipinski definition) is 5. The van der Waals surface area contributed by atoms with E-state index in [1.54, 1.807) is 42.5 Å². The number of hydrogen-bond donors (Lipinski definition) is 1. The molecule has 0 heterocycles. The van der Waals surface area contributed by atoms with Gasteiger partial charge in [-0.1, -0.05) is 106 Å². The first-order chi connectivity index (χ1) is 23.0. The molecule has 5 nitrogen and oxygen atoms in total. The highest BCUT2D eigenvalue weighted by Crippen LogP contribution is 2.32. The molecule has 250 valence electrons. The van der Waals surface area contributed by atoms with Crippen LogP contribution in [-0.4, -0.2) is 36.4 Å². The number of rotatable bonds is 15. The molecule has 0 saturated heterocycles. The van der Waals surface area contributed by atoms with Crippen molar-refractivity contribution in [2.45, 2.75) is 58.5 Å². The lowest BCUT2D eigenvalue weighted by Gasteiger charge is -2.19. The Hall–Kier alpha value is -4.88. The smallest absolute Gasteiger partial charge is 0.336 e. The minimum absolute atomic E-state index is 0.0967. The second-order valence-electron chi connectivity index (χ2n) is 12.0. The zero-order chi connectivity index (χ0) is 34.8. The molecule has 1 N–H and O–H groups in total. The zero-order valence-corrected chi connectivity index (χ0v) is 27.7. The van der Waals surface area contributed by atoms with Crippen LogP contribution in [0.5, 0.6) is 0 Å². The Morgan fingerprint density at radius 1 is 0.729 bits per heavy atom. The topological polar surface area (TPSA) is 72.8 Å². The maximum absolute atomic E-state index is 15.5. The molecular formula is C41H42F2O5. The van der Waals surface area contributed by atoms with Crippen molar-refractivity contribution < 1.29 is 33.0 Å². The Bertz CT molecular complexity index is 1760. The monoisotopic (exact) mass is 652 g/mol. The van der Waals surface area contributed by atoms with E-state index in [1.165, 1.54) is 44.4 Å². The summed E-state index contributed by atoms with van der Waals surface area (Å²) in [5.74, 6) is -2.85. The van der Waals surface area contributed by atoms with Crippen LogP contribution >= 0.6 is 0 Å². The summed E-state index contributed by atoms with van der Waals surface area (Å²) < 4.78 is 41.4. The summed E-state index contributed by atoms with van der Waals surface area (Å²) in [5.41, 5.74) is 5.36. The fourth-order valence-corrected chi connectivity index (χ4v) is 5.20. The van der Waals surface area contributed by atoms with Gasteiger partial charge in [-0.15, -0.1) is 0 Å². The molecule has 48 heavy (non-hydrogen) atoms. The third kappa shape index (κ3) is 9.35. The van der Waals surface area contributed by atoms with Gasteiger partial charge < -0.3 is 14.6 Å². The maximum atomic E-state index is 15.5. The van der Waals surface area contributed by atoms with Gasteiger partial charge in [0.25, 0.3) is 0 Å². The second-order valence-corrected chi connectivity index (χ2v) is 12.0. The van der Waals surface area contributed by atoms with Crippen molar-refractivity contribution in [2.75, 3.05) is 13.2 Å². The van der Waals surface area contributed by atoms with Gasteiger partial charge in [0.05, 0.1) is 17.6 Å². The molecule has 0 aromatic heterocycles. The first-order valence-electron chi connectivity index (χ1n) is 16.1. The molecule has 2 atom stereocenters. The quantitative estimate of drug-likeness (QED) is 0.0787. The van der Waals surface area contributed by atoms with Crippen molar-refractivity contribution in [3.05, 3.63) is 132 Å². The van der Waals surface area contributed by atoms with Crippen LogP contribution in [0.3, 0.4) is 0 Å². The number of halogens is 2. The molecular weight excluding hydrogens is 610 g/mol. The molecule has 4 aromatic rings. The van der Waals surface area contributed by atoms with Crippen molar-refractivity contribution >= 4 is 11.9 Å². The van der Waals surface area contributed by atoms with Crippen molar-refractivity contribution in [3.63, 3.8) is 0 Å². The van der Waals surface area contributed by atoms with E-state index >= 15 is 8.78 Å². The van der Waals surface area contributed by atoms with Crippen molar-refractivity contribution in [1.29, 1.82) is 0 Å². The van der Waals surface area contributed by atoms with Gasteiger partial charge in [-0.05, 0) is 72.2 Å². The molecule has 2 unspecified atom stereocenters. The van der Waals surface area contributed by atoms with Crippen LogP contribution < -0.4 is 0 Å². The highest BCUT2D eigenvalue weighted by Gasteiger charge is 2.21. The number of esters is 2. The minimum atomic E-state index is -1.07. The molecule has 0 aliphatic carbocycles. The summed E-state index contributed by atoms with van der Waals surface area (Å²) >= 11 is 0. The number of aliphatic hydroxyl groups is 1. The Kier molecular flexibility index (Phi) is 12.6. The summed E-state index contributed by atoms with van der Waals surface area (Å²) in [7, 11) is 0. The summed E-state index contributed by atoms with van der Waals surface area (Å²) in [5, 5.41) is 9.63. The molecule has 0 spiro atoms. The van der Waals surface area contributed by atoms with Gasteiger partial charge in [0, 0.05) is 16.7 Å². The number of benzene rings is 4. The second kappa shape index (κ2) is 16.8. The highest BCUT2D eigenvalue weighted by atomic mass is 19.1. The molecule has 0 amide bonds. The van der Waals surface area contributed by atoms with Crippen LogP contribution in [0.1, 0.15) is 57.1 Å². The van der Waals surface area contributed by atoms with Gasteiger partial charge in [-0.25, -0.2) is 18.4 Å². The standard InChI is InChI=1S/C41H42F2O5/c1-6-7-8-9-29-10-12-30(13-11-29)33-18-20-37(38(42)22-33)34-19-21-36(39(43)23-34)32-16-14-31(15-17-32)35(24-47-40(45)26(2)3)25-48-41(46)27(4)28(5)44/h10-23,28,35,44H,2,4,6-9,24-25H2,1,3,5H3. The highest BCUT2D eigenvalue weighted by molar-refractivity contribution is 5.88. The summed E-state index contributed by atoms with van der Waals surface area (Å²) in [4.78, 5) is 24.3. The first kappa shape index (κ1) is 36.0. The maximum Gasteiger partial charge on any atom is 0.336 e. The van der Waals surface area contributed by atoms with Crippen molar-refractivity contribution in [3.8, 4) is 33.4 Å². The number of unbranched alkanes of at least 4 members (excludes halogenated alkanes) is 2. The third-order valence-corrected chi connectivity index (χ3v) is 8.24. The van der Waals surface area contributed by atoms with Gasteiger partial charge in [0.2, 0.25) is 0 Å². The molecule has 0 aliphatic rings. The Morgan fingerprint density at radius 3 is 1.81 bits per heavy atom. The van der Waals surface area contributed by atoms with E-state index < -0.39 is 35.6 Å². The fraction of sp³-hybridized carbons (Fsp3) is 0.268. The molecule has 0 fully saturated rings. The number of aryl methyl sites for hydroxylation is 1. The molecule has 0 saturated carbocycles. The lowest BCUT2D eigenvalue weighted by Crippen LogP contribution is -2.22. The van der Waals surface area contributed by atoms with Gasteiger partial charge in [-0.3, -0.25) is 0 Å². The van der Waals surface area contributed by atoms with Crippen LogP contribution in [0, 0.1) is 11.6 Å². The van der Waals surface area contributed by atoms with E-state index in [0.29, 0.717) is 27.8 Å². The van der Waals surface area contributed by atoms with E-state index in [0.717, 1.165) is 24.0 Å². The lowest BCUT2D eigenvalue weighted by atomic mass is 9.94. The molecule has 4 rings (SSSR count). The first-order valence-corrected chi connectivity index (χ1v) is 16.1. The SMILES string of the molecule is C=C(C)C(=O)OCC(COC(=O)C(=C)C(C)O)c1ccc(-c2ccc(-c3ccc(-c4ccc(CCCCC)cc4)cc3F)cc2F)cc1. The van der Waals surface area contributed by atoms with Crippen LogP contribution in [0.2, 0.25) is 0 Å². The normalized spacial score (nSPS) is 12.2. The van der Waals surface area contributed by atoms with Gasteiger partial charge in [0.1, 0.15) is 24.8 Å². The average molecular weight is 653 g/mol. The van der Waals surface area contributed by atoms with E-state index in [9.17, 15) is 14.7 Å². The van der Waals surface area contributed by atoms with Crippen LogP contribution in [0.4, 0.5) is 8.78 Å². The molecule has 7 heteroatoms. The van der Waals surface area contributed by atoms with Crippen LogP contribution in [-0.2, 0) is 25.5 Å². The van der Waals surface area contributed by atoms with Crippen LogP contribution in [0.25, 0.3) is 33.4 Å². The number of aliphatic hydroxyl groups excluding tert-OH is 1. The number of ether oxygens (including phenoxy) is 2. The Balaban J connectivity index is 1.49. The Labute approximate surface area is 281 Å². The Morgan fingerprint density at radius 2 is 1.25 bits per heavy atom. The summed E-state index contributed by atoms with van der Waals surface area (Å²) in [6.07, 6.45) is 3.48. The van der Waals surface area contributed by atoms with Crippen molar-refractivity contribution in [2.24, 2.45) is 0 Å². The summed E-state index contributed by atoms with van der Waals surface area (Å²) in [6, 6.07) is 24.7. The fourth-order valence-electron chi connectivity index (χ4n) is 5.20. The number of carbonyl (C=O) groups is 2. The lowest BCUT2D eigenvalue weighted by molar-refractivity contribution is -0.143. The predicted molar refractivity (Wildman–Crippen MR) is 186 cm³/mol. The molecule has 0 aliphatic heterocycles. The van der Waals surface area contributed by atoms with Gasteiger partial charge in [-0.2, -0.15) is 0 Å². The summed E-state index contributed by atoms with van der Waals surface area (Å²) in [6.45, 7) is 12.0. The largest absolute Gasteiger partial charge is 0.462 e. The van der Waals surface area contributed by atoms with E-state index in [4.69, 9.17) is 9.47 Å². The van der Waals surface area contributed by atoms with Crippen molar-refractivity contribution in [1.82, 2.24) is 0 Å². The van der Waals surface area contributed by atoms with Gasteiger partial charge in [0.15, 0.2) is 0 Å². The molecule has 0 bridgehead atoms. The van der Waals surface area contributed by atoms with Crippen LogP contribution in [0.15, 0.2) is 109 Å².